The highest BCUT2D eigenvalue weighted by molar-refractivity contribution is 14.1. The van der Waals surface area contributed by atoms with Crippen LogP contribution < -0.4 is 10.1 Å². The van der Waals surface area contributed by atoms with Crippen molar-refractivity contribution in [1.82, 2.24) is 5.32 Å². The van der Waals surface area contributed by atoms with Crippen LogP contribution in [0.1, 0.15) is 32.6 Å². The van der Waals surface area contributed by atoms with Crippen LogP contribution in [-0.2, 0) is 11.4 Å². The third-order valence-corrected chi connectivity index (χ3v) is 8.97. The van der Waals surface area contributed by atoms with Gasteiger partial charge in [-0.1, -0.05) is 28.1 Å². The zero-order valence-electron chi connectivity index (χ0n) is 19.1. The molecule has 1 heterocycles. The van der Waals surface area contributed by atoms with Gasteiger partial charge in [-0.15, -0.1) is 0 Å². The summed E-state index contributed by atoms with van der Waals surface area (Å²) in [7, 11) is 0. The molecule has 6 nitrogen and oxygen atoms in total. The number of aromatic carboxylic acids is 1. The molecule has 1 fully saturated rings. The molecule has 1 saturated heterocycles. The molecule has 3 aromatic rings. The fourth-order valence-corrected chi connectivity index (χ4v) is 6.63. The first-order chi connectivity index (χ1) is 17.1. The highest BCUT2D eigenvalue weighted by Gasteiger charge is 2.24. The molecule has 0 aliphatic carbocycles. The van der Waals surface area contributed by atoms with E-state index >= 15 is 0 Å². The van der Waals surface area contributed by atoms with E-state index < -0.39 is 5.97 Å². The number of halogens is 3. The molecular weight excluding hydrogens is 770 g/mol. The van der Waals surface area contributed by atoms with Gasteiger partial charge in [0.2, 0.25) is 0 Å². The number of amidine groups is 1. The van der Waals surface area contributed by atoms with Crippen LogP contribution >= 0.6 is 72.9 Å². The van der Waals surface area contributed by atoms with Crippen LogP contribution in [0.2, 0.25) is 0 Å². The second-order valence-corrected chi connectivity index (χ2v) is 12.1. The molecule has 4 rings (SSSR count). The average Bonchev–Trinajstić information content (AvgIpc) is 3.15. The maximum Gasteiger partial charge on any atom is 0.335 e. The Hall–Kier alpha value is -1.90. The van der Waals surface area contributed by atoms with Crippen molar-refractivity contribution in [3.05, 3.63) is 92.9 Å². The number of ether oxygens (including phenoxy) is 1. The fourth-order valence-electron chi connectivity index (χ4n) is 3.44. The number of benzene rings is 3. The van der Waals surface area contributed by atoms with E-state index in [-0.39, 0.29) is 11.5 Å². The van der Waals surface area contributed by atoms with Crippen LogP contribution in [0.3, 0.4) is 0 Å². The minimum Gasteiger partial charge on any atom is -0.487 e. The molecule has 0 unspecified atom stereocenters. The third kappa shape index (κ3) is 6.50. The molecule has 0 atom stereocenters. The molecule has 0 aromatic heterocycles. The van der Waals surface area contributed by atoms with E-state index in [9.17, 15) is 9.59 Å². The molecule has 1 aliphatic heterocycles. The van der Waals surface area contributed by atoms with Crippen molar-refractivity contribution >= 4 is 102 Å². The largest absolute Gasteiger partial charge is 0.487 e. The standard InChI is InChI=1S/C26H19BrI2N2O4S/c1-13-7-18(8-14(2)22(13)27)30-26-31-24(32)21(36-26)11-16-9-19(28)23(20(29)10-16)35-12-15-3-5-17(6-4-15)25(33)34/h3-11H,12H2,1-2H3,(H,33,34)(H,30,31,32)/b21-11-. The topological polar surface area (TPSA) is 88.0 Å². The maximum absolute atomic E-state index is 12.6. The minimum atomic E-state index is -0.956. The number of amides is 1. The van der Waals surface area contributed by atoms with Gasteiger partial charge in [0.05, 0.1) is 23.3 Å². The number of hydrogen-bond donors (Lipinski definition) is 2. The normalized spacial score (nSPS) is 15.4. The van der Waals surface area contributed by atoms with Crippen LogP contribution in [0.15, 0.2) is 62.9 Å². The molecule has 0 radical (unpaired) electrons. The van der Waals surface area contributed by atoms with Crippen LogP contribution in [0, 0.1) is 21.0 Å². The summed E-state index contributed by atoms with van der Waals surface area (Å²) in [6.07, 6.45) is 1.85. The summed E-state index contributed by atoms with van der Waals surface area (Å²) < 4.78 is 8.90. The Kier molecular flexibility index (Phi) is 8.79. The smallest absolute Gasteiger partial charge is 0.335 e. The number of carbonyl (C=O) groups excluding carboxylic acids is 1. The maximum atomic E-state index is 12.6. The number of carboxylic acid groups (broad SMARTS) is 1. The van der Waals surface area contributed by atoms with E-state index in [1.807, 2.05) is 44.2 Å². The second-order valence-electron chi connectivity index (χ2n) is 7.98. The first-order valence-electron chi connectivity index (χ1n) is 10.6. The number of carboxylic acids is 1. The number of carbonyl (C=O) groups is 2. The van der Waals surface area contributed by atoms with Crippen molar-refractivity contribution in [3.8, 4) is 5.75 Å². The van der Waals surface area contributed by atoms with Crippen molar-refractivity contribution in [2.24, 2.45) is 4.99 Å². The lowest BCUT2D eigenvalue weighted by atomic mass is 10.1. The molecule has 0 saturated carbocycles. The Morgan fingerprint density at radius 2 is 1.72 bits per heavy atom. The van der Waals surface area contributed by atoms with Gasteiger partial charge in [-0.3, -0.25) is 4.79 Å². The summed E-state index contributed by atoms with van der Waals surface area (Å²) in [5, 5.41) is 12.4. The number of nitrogens with one attached hydrogen (secondary N) is 1. The van der Waals surface area contributed by atoms with E-state index in [4.69, 9.17) is 9.84 Å². The zero-order valence-corrected chi connectivity index (χ0v) is 25.8. The molecule has 184 valence electrons. The van der Waals surface area contributed by atoms with Gasteiger partial charge in [0.15, 0.2) is 5.17 Å². The van der Waals surface area contributed by atoms with Crippen LogP contribution in [0.4, 0.5) is 5.69 Å². The lowest BCUT2D eigenvalue weighted by Gasteiger charge is -2.12. The van der Waals surface area contributed by atoms with E-state index in [1.165, 1.54) is 11.8 Å². The van der Waals surface area contributed by atoms with Gasteiger partial charge in [0, 0.05) is 4.47 Å². The van der Waals surface area contributed by atoms with Gasteiger partial charge in [-0.2, -0.15) is 0 Å². The second kappa shape index (κ2) is 11.7. The number of thioether (sulfide) groups is 1. The highest BCUT2D eigenvalue weighted by Crippen LogP contribution is 2.34. The lowest BCUT2D eigenvalue weighted by molar-refractivity contribution is -0.115. The van der Waals surface area contributed by atoms with E-state index in [0.29, 0.717) is 16.7 Å². The lowest BCUT2D eigenvalue weighted by Crippen LogP contribution is -2.19. The molecule has 1 amide bonds. The van der Waals surface area contributed by atoms with Crippen LogP contribution in [0.5, 0.6) is 5.75 Å². The zero-order chi connectivity index (χ0) is 26.0. The van der Waals surface area contributed by atoms with Gasteiger partial charge in [0.25, 0.3) is 5.91 Å². The molecule has 2 N–H and O–H groups in total. The first-order valence-corrected chi connectivity index (χ1v) is 14.4. The molecule has 1 aliphatic rings. The van der Waals surface area contributed by atoms with Gasteiger partial charge in [0.1, 0.15) is 12.4 Å². The molecule has 36 heavy (non-hydrogen) atoms. The minimum absolute atomic E-state index is 0.181. The number of rotatable bonds is 6. The van der Waals surface area contributed by atoms with Crippen molar-refractivity contribution in [1.29, 1.82) is 0 Å². The van der Waals surface area contributed by atoms with E-state index in [0.717, 1.165) is 45.3 Å². The number of nitrogens with zero attached hydrogens (tertiary/aromatic N) is 1. The summed E-state index contributed by atoms with van der Waals surface area (Å²) in [4.78, 5) is 28.8. The molecule has 3 aromatic carbocycles. The molecule has 0 bridgehead atoms. The molecule has 0 spiro atoms. The SMILES string of the molecule is Cc1cc(N=C2NC(=O)/C(=C/c3cc(I)c(OCc4ccc(C(=O)O)cc4)c(I)c3)S2)cc(C)c1Br. The predicted octanol–water partition coefficient (Wildman–Crippen LogP) is 7.44. The summed E-state index contributed by atoms with van der Waals surface area (Å²) in [5.41, 5.74) is 4.96. The Bertz CT molecular complexity index is 1390. The number of hydrogen-bond acceptors (Lipinski definition) is 5. The molecule has 10 heteroatoms. The van der Waals surface area contributed by atoms with Crippen molar-refractivity contribution < 1.29 is 19.4 Å². The van der Waals surface area contributed by atoms with Gasteiger partial charge >= 0.3 is 5.97 Å². The van der Waals surface area contributed by atoms with Crippen LogP contribution in [0.25, 0.3) is 6.08 Å². The first kappa shape index (κ1) is 27.1. The summed E-state index contributed by atoms with van der Waals surface area (Å²) in [5.74, 6) is -0.394. The van der Waals surface area contributed by atoms with E-state index in [1.54, 1.807) is 24.3 Å². The van der Waals surface area contributed by atoms with Gasteiger partial charge in [-0.05, 0) is 136 Å². The van der Waals surface area contributed by atoms with Crippen molar-refractivity contribution in [2.45, 2.75) is 20.5 Å². The summed E-state index contributed by atoms with van der Waals surface area (Å²) >= 11 is 9.31. The Morgan fingerprint density at radius 3 is 2.31 bits per heavy atom. The third-order valence-electron chi connectivity index (χ3n) is 5.21. The van der Waals surface area contributed by atoms with Crippen molar-refractivity contribution in [2.75, 3.05) is 0 Å². The molecular formula is C26H19BrI2N2O4S. The number of aliphatic imine (C=N–C) groups is 1. The van der Waals surface area contributed by atoms with Crippen molar-refractivity contribution in [3.63, 3.8) is 0 Å². The number of aryl methyl sites for hydroxylation is 2. The summed E-state index contributed by atoms with van der Waals surface area (Å²) in [6, 6.07) is 14.5. The van der Waals surface area contributed by atoms with Gasteiger partial charge in [-0.25, -0.2) is 9.79 Å². The Balaban J connectivity index is 1.49. The fraction of sp³-hybridized carbons (Fsp3) is 0.115. The van der Waals surface area contributed by atoms with Gasteiger partial charge < -0.3 is 15.2 Å². The monoisotopic (exact) mass is 788 g/mol. The average molecular weight is 789 g/mol. The van der Waals surface area contributed by atoms with E-state index in [2.05, 4.69) is 71.4 Å². The predicted molar refractivity (Wildman–Crippen MR) is 164 cm³/mol. The summed E-state index contributed by atoms with van der Waals surface area (Å²) in [6.45, 7) is 4.34. The quantitative estimate of drug-likeness (QED) is 0.200. The highest BCUT2D eigenvalue weighted by atomic mass is 127. The van der Waals surface area contributed by atoms with Crippen LogP contribution in [-0.4, -0.2) is 22.2 Å². The Morgan fingerprint density at radius 1 is 1.11 bits per heavy atom. The Labute approximate surface area is 248 Å².